The second-order valence-corrected chi connectivity index (χ2v) is 20.9. The molecule has 0 fully saturated rings. The Morgan fingerprint density at radius 1 is 1.04 bits per heavy atom. The molecule has 6 nitrogen and oxygen atoms in total. The minimum atomic E-state index is -1.13. The van der Waals surface area contributed by atoms with Gasteiger partial charge in [-0.25, -0.2) is 4.98 Å². The van der Waals surface area contributed by atoms with Crippen LogP contribution in [0.1, 0.15) is 16.8 Å². The van der Waals surface area contributed by atoms with E-state index in [2.05, 4.69) is 55.9 Å². The first kappa shape index (κ1) is 22.8. The summed E-state index contributed by atoms with van der Waals surface area (Å²) in [5.74, 6) is 0.539. The van der Waals surface area contributed by atoms with Gasteiger partial charge in [0.05, 0.1) is 18.9 Å². The number of aromatic nitrogens is 3. The Morgan fingerprint density at radius 2 is 1.61 bits per heavy atom. The first-order valence-electron chi connectivity index (χ1n) is 9.95. The molecule has 0 aliphatic heterocycles. The van der Waals surface area contributed by atoms with E-state index in [0.717, 1.165) is 47.8 Å². The van der Waals surface area contributed by atoms with Crippen LogP contribution in [-0.4, -0.2) is 44.0 Å². The van der Waals surface area contributed by atoms with Crippen LogP contribution in [0.25, 0.3) is 11.7 Å². The first-order chi connectivity index (χ1) is 13.0. The molecule has 2 N–H and O–H groups in total. The summed E-state index contributed by atoms with van der Waals surface area (Å²) in [4.78, 5) is 4.56. The van der Waals surface area contributed by atoms with Crippen molar-refractivity contribution in [3.05, 3.63) is 29.6 Å². The zero-order valence-electron chi connectivity index (χ0n) is 18.3. The minimum absolute atomic E-state index is 0.448. The second kappa shape index (κ2) is 9.34. The summed E-state index contributed by atoms with van der Waals surface area (Å²) in [5, 5.41) is 4.68. The molecule has 0 unspecified atom stereocenters. The molecule has 2 aromatic rings. The van der Waals surface area contributed by atoms with E-state index in [1.165, 1.54) is 0 Å². The van der Waals surface area contributed by atoms with E-state index >= 15 is 0 Å². The SMILES string of the molecule is C=Cc1cnc2c(COCC[Si](C)(C)C)c(COCC[Si](C)(C)C)nn2c1N. The van der Waals surface area contributed by atoms with Crippen LogP contribution >= 0.6 is 0 Å². The van der Waals surface area contributed by atoms with Crippen LogP contribution in [0.3, 0.4) is 0 Å². The van der Waals surface area contributed by atoms with Crippen molar-refractivity contribution in [3.63, 3.8) is 0 Å². The van der Waals surface area contributed by atoms with Gasteiger partial charge in [0.15, 0.2) is 5.65 Å². The predicted molar refractivity (Wildman–Crippen MR) is 123 cm³/mol. The van der Waals surface area contributed by atoms with Crippen molar-refractivity contribution in [1.82, 2.24) is 14.6 Å². The van der Waals surface area contributed by atoms with E-state index in [1.807, 2.05) is 0 Å². The maximum absolute atomic E-state index is 6.25. The number of nitrogens with two attached hydrogens (primary N) is 1. The van der Waals surface area contributed by atoms with Gasteiger partial charge < -0.3 is 15.2 Å². The summed E-state index contributed by atoms with van der Waals surface area (Å²) >= 11 is 0. The highest BCUT2D eigenvalue weighted by Gasteiger charge is 2.19. The molecule has 2 aromatic heterocycles. The quantitative estimate of drug-likeness (QED) is 0.422. The fourth-order valence-corrected chi connectivity index (χ4v) is 4.14. The number of hydrogen-bond acceptors (Lipinski definition) is 5. The van der Waals surface area contributed by atoms with Gasteiger partial charge in [-0.3, -0.25) is 0 Å². The normalized spacial score (nSPS) is 12.6. The van der Waals surface area contributed by atoms with Gasteiger partial charge in [0.25, 0.3) is 0 Å². The molecule has 2 rings (SSSR count). The molecular weight excluding hydrogens is 384 g/mol. The maximum Gasteiger partial charge on any atom is 0.163 e. The van der Waals surface area contributed by atoms with Crippen LogP contribution in [0.15, 0.2) is 12.8 Å². The van der Waals surface area contributed by atoms with Gasteiger partial charge in [-0.15, -0.1) is 0 Å². The van der Waals surface area contributed by atoms with Gasteiger partial charge in [0.1, 0.15) is 5.82 Å². The third kappa shape index (κ3) is 6.54. The number of nitrogen functional groups attached to an aromatic ring is 1. The molecule has 0 saturated heterocycles. The lowest BCUT2D eigenvalue weighted by Gasteiger charge is -2.16. The van der Waals surface area contributed by atoms with Crippen LogP contribution < -0.4 is 5.73 Å². The highest BCUT2D eigenvalue weighted by atomic mass is 28.3. The fourth-order valence-electron chi connectivity index (χ4n) is 2.63. The van der Waals surface area contributed by atoms with Crippen molar-refractivity contribution in [2.75, 3.05) is 18.9 Å². The first-order valence-corrected chi connectivity index (χ1v) is 17.4. The van der Waals surface area contributed by atoms with Crippen molar-refractivity contribution in [2.45, 2.75) is 64.6 Å². The Bertz CT molecular complexity index is 807. The average Bonchev–Trinajstić information content (AvgIpc) is 2.93. The summed E-state index contributed by atoms with van der Waals surface area (Å²) < 4.78 is 13.6. The maximum atomic E-state index is 6.25. The number of hydrogen-bond donors (Lipinski definition) is 1. The number of fused-ring (bicyclic) bond motifs is 1. The van der Waals surface area contributed by atoms with Gasteiger partial charge in [-0.1, -0.05) is 51.9 Å². The van der Waals surface area contributed by atoms with E-state index in [4.69, 9.17) is 15.2 Å². The largest absolute Gasteiger partial charge is 0.383 e. The molecular formula is C20H36N4O2Si2. The minimum Gasteiger partial charge on any atom is -0.383 e. The predicted octanol–water partition coefficient (Wildman–Crippen LogP) is 4.66. The Morgan fingerprint density at radius 3 is 2.14 bits per heavy atom. The third-order valence-electron chi connectivity index (χ3n) is 4.59. The second-order valence-electron chi connectivity index (χ2n) is 9.69. The van der Waals surface area contributed by atoms with Gasteiger partial charge in [-0.2, -0.15) is 9.61 Å². The molecule has 0 amide bonds. The van der Waals surface area contributed by atoms with Crippen molar-refractivity contribution >= 4 is 33.7 Å². The van der Waals surface area contributed by atoms with Crippen molar-refractivity contribution in [3.8, 4) is 0 Å². The molecule has 2 heterocycles. The fraction of sp³-hybridized carbons (Fsp3) is 0.600. The van der Waals surface area contributed by atoms with E-state index in [-0.39, 0.29) is 0 Å². The van der Waals surface area contributed by atoms with Crippen LogP contribution in [0.5, 0.6) is 0 Å². The molecule has 0 saturated carbocycles. The van der Waals surface area contributed by atoms with Gasteiger partial charge >= 0.3 is 0 Å². The third-order valence-corrected chi connectivity index (χ3v) is 8.00. The van der Waals surface area contributed by atoms with E-state index < -0.39 is 16.1 Å². The summed E-state index contributed by atoms with van der Waals surface area (Å²) in [7, 11) is -2.25. The molecule has 0 atom stereocenters. The van der Waals surface area contributed by atoms with Crippen LogP contribution in [0.4, 0.5) is 5.82 Å². The molecule has 0 bridgehead atoms. The molecule has 0 aliphatic rings. The molecule has 8 heteroatoms. The topological polar surface area (TPSA) is 74.7 Å². The Labute approximate surface area is 171 Å². The molecule has 28 heavy (non-hydrogen) atoms. The lowest BCUT2D eigenvalue weighted by molar-refractivity contribution is 0.118. The number of rotatable bonds is 11. The molecule has 0 aromatic carbocycles. The molecule has 0 aliphatic carbocycles. The molecule has 0 radical (unpaired) electrons. The lowest BCUT2D eigenvalue weighted by Crippen LogP contribution is -2.22. The summed E-state index contributed by atoms with van der Waals surface area (Å²) in [5.41, 5.74) is 9.58. The van der Waals surface area contributed by atoms with Crippen molar-refractivity contribution in [1.29, 1.82) is 0 Å². The number of anilines is 1. The average molecular weight is 421 g/mol. The highest BCUT2D eigenvalue weighted by molar-refractivity contribution is 6.76. The number of nitrogens with zero attached hydrogens (tertiary/aromatic N) is 3. The van der Waals surface area contributed by atoms with Gasteiger partial charge in [0.2, 0.25) is 0 Å². The Kier molecular flexibility index (Phi) is 7.61. The van der Waals surface area contributed by atoms with Crippen LogP contribution in [-0.2, 0) is 22.7 Å². The van der Waals surface area contributed by atoms with Crippen molar-refractivity contribution in [2.24, 2.45) is 0 Å². The Hall–Kier alpha value is -1.49. The summed E-state index contributed by atoms with van der Waals surface area (Å²) in [6.45, 7) is 20.3. The van der Waals surface area contributed by atoms with Gasteiger partial charge in [0, 0.05) is 46.7 Å². The number of ether oxygens (including phenoxy) is 2. The zero-order chi connectivity index (χ0) is 20.9. The monoisotopic (exact) mass is 420 g/mol. The van der Waals surface area contributed by atoms with E-state index in [9.17, 15) is 0 Å². The zero-order valence-corrected chi connectivity index (χ0v) is 20.3. The standard InChI is InChI=1S/C20H36N4O2Si2/c1-8-16-13-22-20-17(14-25-9-11-27(2,3)4)18(23-24(20)19(16)21)15-26-10-12-28(5,6)7/h8,13H,1,9-12,14-15,21H2,2-7H3. The summed E-state index contributed by atoms with van der Waals surface area (Å²) in [6, 6.07) is 2.26. The van der Waals surface area contributed by atoms with Crippen LogP contribution in [0.2, 0.25) is 51.4 Å². The molecule has 156 valence electrons. The summed E-state index contributed by atoms with van der Waals surface area (Å²) in [6.07, 6.45) is 3.43. The highest BCUT2D eigenvalue weighted by Crippen LogP contribution is 2.22. The van der Waals surface area contributed by atoms with E-state index in [0.29, 0.717) is 19.0 Å². The van der Waals surface area contributed by atoms with Crippen LogP contribution in [0, 0.1) is 0 Å². The lowest BCUT2D eigenvalue weighted by atomic mass is 10.2. The van der Waals surface area contributed by atoms with E-state index in [1.54, 1.807) is 16.8 Å². The van der Waals surface area contributed by atoms with Gasteiger partial charge in [-0.05, 0) is 12.1 Å². The molecule has 0 spiro atoms. The van der Waals surface area contributed by atoms with Crippen molar-refractivity contribution < 1.29 is 9.47 Å². The Balaban J connectivity index is 2.19. The smallest absolute Gasteiger partial charge is 0.163 e.